The van der Waals surface area contributed by atoms with Crippen molar-refractivity contribution in [3.63, 3.8) is 0 Å². The van der Waals surface area contributed by atoms with Crippen LogP contribution in [0.2, 0.25) is 0 Å². The minimum absolute atomic E-state index is 0.751. The molecule has 0 spiro atoms. The second-order valence-corrected chi connectivity index (χ2v) is 5.76. The molecule has 3 rings (SSSR count). The van der Waals surface area contributed by atoms with Gasteiger partial charge in [-0.2, -0.15) is 0 Å². The topological polar surface area (TPSA) is 27.1 Å². The molecule has 1 fully saturated rings. The monoisotopic (exact) mass is 308 g/mol. The van der Waals surface area contributed by atoms with Gasteiger partial charge in [-0.25, -0.2) is 4.98 Å². The lowest BCUT2D eigenvalue weighted by Gasteiger charge is -2.25. The van der Waals surface area contributed by atoms with Crippen molar-refractivity contribution in [1.82, 2.24) is 9.55 Å². The van der Waals surface area contributed by atoms with Gasteiger partial charge in [0.2, 0.25) is 0 Å². The maximum absolute atomic E-state index is 5.90. The van der Waals surface area contributed by atoms with E-state index in [4.69, 9.17) is 4.74 Å². The molecule has 0 aliphatic heterocycles. The van der Waals surface area contributed by atoms with Crippen molar-refractivity contribution in [2.24, 2.45) is 5.92 Å². The number of imidazole rings is 1. The van der Waals surface area contributed by atoms with Crippen molar-refractivity contribution in [3.05, 3.63) is 22.9 Å². The Bertz CT molecular complexity index is 560. The number of aryl methyl sites for hydroxylation is 1. The molecule has 0 atom stereocenters. The molecule has 18 heavy (non-hydrogen) atoms. The van der Waals surface area contributed by atoms with E-state index in [2.05, 4.69) is 38.5 Å². The summed E-state index contributed by atoms with van der Waals surface area (Å²) in [5.74, 6) is 1.66. The van der Waals surface area contributed by atoms with Gasteiger partial charge < -0.3 is 9.30 Å². The van der Waals surface area contributed by atoms with Gasteiger partial charge in [0.05, 0.1) is 28.4 Å². The van der Waals surface area contributed by atoms with Crippen LogP contribution in [0.5, 0.6) is 5.75 Å². The SMILES string of the molecule is CCn1cnc2cc(OCC3CCC3)c(Br)cc21. The average molecular weight is 309 g/mol. The quantitative estimate of drug-likeness (QED) is 0.853. The zero-order valence-corrected chi connectivity index (χ0v) is 12.1. The molecule has 0 saturated heterocycles. The minimum atomic E-state index is 0.751. The van der Waals surface area contributed by atoms with Gasteiger partial charge in [-0.05, 0) is 47.7 Å². The van der Waals surface area contributed by atoms with Gasteiger partial charge in [-0.1, -0.05) is 6.42 Å². The highest BCUT2D eigenvalue weighted by Gasteiger charge is 2.18. The summed E-state index contributed by atoms with van der Waals surface area (Å²) in [6.07, 6.45) is 5.86. The van der Waals surface area contributed by atoms with E-state index in [-0.39, 0.29) is 0 Å². The van der Waals surface area contributed by atoms with E-state index in [1.807, 2.05) is 12.4 Å². The number of halogens is 1. The van der Waals surface area contributed by atoms with Gasteiger partial charge in [0.1, 0.15) is 5.75 Å². The van der Waals surface area contributed by atoms with Gasteiger partial charge >= 0.3 is 0 Å². The fraction of sp³-hybridized carbons (Fsp3) is 0.500. The van der Waals surface area contributed by atoms with Crippen LogP contribution in [0.15, 0.2) is 22.9 Å². The maximum atomic E-state index is 5.90. The molecule has 4 heteroatoms. The second-order valence-electron chi connectivity index (χ2n) is 4.91. The number of hydrogen-bond acceptors (Lipinski definition) is 2. The van der Waals surface area contributed by atoms with Crippen LogP contribution in [0.1, 0.15) is 26.2 Å². The third kappa shape index (κ3) is 2.14. The normalized spacial score (nSPS) is 15.9. The number of fused-ring (bicyclic) bond motifs is 1. The van der Waals surface area contributed by atoms with Crippen molar-refractivity contribution in [2.75, 3.05) is 6.61 Å². The van der Waals surface area contributed by atoms with Crippen LogP contribution in [0.3, 0.4) is 0 Å². The molecule has 0 bridgehead atoms. The fourth-order valence-corrected chi connectivity index (χ4v) is 2.74. The van der Waals surface area contributed by atoms with Crippen LogP contribution in [0, 0.1) is 5.92 Å². The Hall–Kier alpha value is -1.03. The lowest BCUT2D eigenvalue weighted by Crippen LogP contribution is -2.19. The van der Waals surface area contributed by atoms with Crippen molar-refractivity contribution in [1.29, 1.82) is 0 Å². The highest BCUT2D eigenvalue weighted by Crippen LogP contribution is 2.32. The van der Waals surface area contributed by atoms with Gasteiger partial charge in [-0.15, -0.1) is 0 Å². The summed E-state index contributed by atoms with van der Waals surface area (Å²) in [4.78, 5) is 4.41. The van der Waals surface area contributed by atoms with Crippen LogP contribution in [0.25, 0.3) is 11.0 Å². The summed E-state index contributed by atoms with van der Waals surface area (Å²) in [5, 5.41) is 0. The van der Waals surface area contributed by atoms with E-state index in [1.54, 1.807) is 0 Å². The minimum Gasteiger partial charge on any atom is -0.492 e. The average Bonchev–Trinajstić information content (AvgIpc) is 2.69. The third-order valence-corrected chi connectivity index (χ3v) is 4.33. The molecule has 0 radical (unpaired) electrons. The Labute approximate surface area is 115 Å². The molecule has 1 aliphatic rings. The van der Waals surface area contributed by atoms with Crippen LogP contribution < -0.4 is 4.74 Å². The van der Waals surface area contributed by atoms with Crippen molar-refractivity contribution in [2.45, 2.75) is 32.7 Å². The standard InChI is InChI=1S/C14H17BrN2O/c1-2-17-9-16-12-7-14(11(15)6-13(12)17)18-8-10-4-3-5-10/h6-7,9-10H,2-5,8H2,1H3. The molecule has 96 valence electrons. The summed E-state index contributed by atoms with van der Waals surface area (Å²) in [6, 6.07) is 4.13. The predicted octanol–water partition coefficient (Wildman–Crippen LogP) is 4.00. The van der Waals surface area contributed by atoms with Crippen LogP contribution in [-0.2, 0) is 6.54 Å². The van der Waals surface area contributed by atoms with Crippen LogP contribution >= 0.6 is 15.9 Å². The molecule has 1 aliphatic carbocycles. The highest BCUT2D eigenvalue weighted by atomic mass is 79.9. The van der Waals surface area contributed by atoms with E-state index in [1.165, 1.54) is 19.3 Å². The van der Waals surface area contributed by atoms with E-state index < -0.39 is 0 Å². The molecule has 0 amide bonds. The summed E-state index contributed by atoms with van der Waals surface area (Å²) >= 11 is 3.59. The summed E-state index contributed by atoms with van der Waals surface area (Å²) < 4.78 is 9.05. The smallest absolute Gasteiger partial charge is 0.135 e. The molecule has 1 saturated carbocycles. The number of nitrogens with zero attached hydrogens (tertiary/aromatic N) is 2. The van der Waals surface area contributed by atoms with Gasteiger partial charge in [0, 0.05) is 12.6 Å². The largest absolute Gasteiger partial charge is 0.492 e. The molecule has 2 aromatic rings. The lowest BCUT2D eigenvalue weighted by molar-refractivity contribution is 0.180. The Kier molecular flexibility index (Phi) is 3.29. The molecule has 1 aromatic carbocycles. The first-order valence-electron chi connectivity index (χ1n) is 6.55. The van der Waals surface area contributed by atoms with E-state index in [0.717, 1.165) is 40.3 Å². The molecule has 1 aromatic heterocycles. The number of hydrogen-bond donors (Lipinski definition) is 0. The molecule has 3 nitrogen and oxygen atoms in total. The Morgan fingerprint density at radius 3 is 2.94 bits per heavy atom. The first-order chi connectivity index (χ1) is 8.78. The van der Waals surface area contributed by atoms with Crippen molar-refractivity contribution < 1.29 is 4.74 Å². The number of rotatable bonds is 4. The number of aromatic nitrogens is 2. The Morgan fingerprint density at radius 2 is 2.28 bits per heavy atom. The van der Waals surface area contributed by atoms with Gasteiger partial charge in [-0.3, -0.25) is 0 Å². The Morgan fingerprint density at radius 1 is 1.44 bits per heavy atom. The van der Waals surface area contributed by atoms with E-state index in [0.29, 0.717) is 0 Å². The third-order valence-electron chi connectivity index (χ3n) is 3.71. The van der Waals surface area contributed by atoms with Crippen molar-refractivity contribution >= 4 is 27.0 Å². The summed E-state index contributed by atoms with van der Waals surface area (Å²) in [6.45, 7) is 3.89. The zero-order valence-electron chi connectivity index (χ0n) is 10.5. The number of ether oxygens (including phenoxy) is 1. The fourth-order valence-electron chi connectivity index (χ4n) is 2.29. The lowest BCUT2D eigenvalue weighted by atomic mass is 9.86. The van der Waals surface area contributed by atoms with Gasteiger partial charge in [0.25, 0.3) is 0 Å². The predicted molar refractivity (Wildman–Crippen MR) is 75.9 cm³/mol. The van der Waals surface area contributed by atoms with Gasteiger partial charge in [0.15, 0.2) is 0 Å². The zero-order chi connectivity index (χ0) is 12.5. The number of benzene rings is 1. The molecular formula is C14H17BrN2O. The highest BCUT2D eigenvalue weighted by molar-refractivity contribution is 9.10. The first-order valence-corrected chi connectivity index (χ1v) is 7.34. The van der Waals surface area contributed by atoms with Crippen molar-refractivity contribution in [3.8, 4) is 5.75 Å². The maximum Gasteiger partial charge on any atom is 0.135 e. The molecule has 0 N–H and O–H groups in total. The van der Waals surface area contributed by atoms with E-state index in [9.17, 15) is 0 Å². The summed E-state index contributed by atoms with van der Waals surface area (Å²) in [7, 11) is 0. The first kappa shape index (κ1) is 12.0. The molecular weight excluding hydrogens is 292 g/mol. The summed E-state index contributed by atoms with van der Waals surface area (Å²) in [5.41, 5.74) is 2.16. The molecule has 1 heterocycles. The second kappa shape index (κ2) is 4.92. The van der Waals surface area contributed by atoms with E-state index >= 15 is 0 Å². The Balaban J connectivity index is 1.85. The van der Waals surface area contributed by atoms with Crippen LogP contribution in [-0.4, -0.2) is 16.2 Å². The van der Waals surface area contributed by atoms with Crippen LogP contribution in [0.4, 0.5) is 0 Å². The molecule has 0 unspecified atom stereocenters.